The summed E-state index contributed by atoms with van der Waals surface area (Å²) in [5, 5.41) is 0. The van der Waals surface area contributed by atoms with E-state index in [-0.39, 0.29) is 25.6 Å². The highest BCUT2D eigenvalue weighted by atomic mass is 31.2. The van der Waals surface area contributed by atoms with E-state index >= 15 is 0 Å². The van der Waals surface area contributed by atoms with Crippen LogP contribution in [0.5, 0.6) is 0 Å². The third-order valence-electron chi connectivity index (χ3n) is 9.51. The fourth-order valence-corrected chi connectivity index (χ4v) is 6.81. The molecule has 0 aromatic rings. The minimum absolute atomic E-state index is 0.00837. The lowest BCUT2D eigenvalue weighted by Gasteiger charge is -2.20. The van der Waals surface area contributed by atoms with Crippen molar-refractivity contribution in [2.24, 2.45) is 0 Å². The van der Waals surface area contributed by atoms with Gasteiger partial charge in [-0.3, -0.25) is 18.6 Å². The summed E-state index contributed by atoms with van der Waals surface area (Å²) in [5.74, 6) is -0.801. The van der Waals surface area contributed by atoms with Crippen LogP contribution in [0.2, 0.25) is 0 Å². The Morgan fingerprint density at radius 3 is 1.50 bits per heavy atom. The number of carbonyl (C=O) groups excluding carboxylic acids is 2. The van der Waals surface area contributed by atoms with Crippen LogP contribution in [0.25, 0.3) is 0 Å². The molecule has 0 saturated carbocycles. The lowest BCUT2D eigenvalue weighted by molar-refractivity contribution is -0.161. The second-order valence-electron chi connectivity index (χ2n) is 15.2. The number of unbranched alkanes of at least 4 members (excludes halogenated alkanes) is 23. The zero-order chi connectivity index (χ0) is 39.8. The summed E-state index contributed by atoms with van der Waals surface area (Å²) in [7, 11) is -0.708. The summed E-state index contributed by atoms with van der Waals surface area (Å²) in [6.45, 7) is 4.30. The summed E-state index contributed by atoms with van der Waals surface area (Å²) in [4.78, 5) is 37.0. The first-order chi connectivity index (χ1) is 26.2. The van der Waals surface area contributed by atoms with Gasteiger partial charge >= 0.3 is 19.8 Å². The Bertz CT molecular complexity index is 957. The van der Waals surface area contributed by atoms with E-state index in [9.17, 15) is 19.0 Å². The molecule has 9 nitrogen and oxygen atoms in total. The van der Waals surface area contributed by atoms with E-state index in [2.05, 4.69) is 38.2 Å². The van der Waals surface area contributed by atoms with Crippen LogP contribution in [0.15, 0.2) is 24.3 Å². The van der Waals surface area contributed by atoms with Crippen LogP contribution in [0.3, 0.4) is 0 Å². The predicted octanol–water partition coefficient (Wildman–Crippen LogP) is 12.6. The summed E-state index contributed by atoms with van der Waals surface area (Å²) in [6, 6.07) is 0. The van der Waals surface area contributed by atoms with Gasteiger partial charge in [-0.1, -0.05) is 167 Å². The highest BCUT2D eigenvalue weighted by Gasteiger charge is 2.26. The minimum atomic E-state index is -4.36. The molecule has 0 rings (SSSR count). The molecule has 0 aromatic heterocycles. The number of allylic oxidation sites excluding steroid dienone is 4. The second-order valence-corrected chi connectivity index (χ2v) is 16.7. The van der Waals surface area contributed by atoms with Crippen LogP contribution in [0, 0.1) is 0 Å². The summed E-state index contributed by atoms with van der Waals surface area (Å²) >= 11 is 0. The van der Waals surface area contributed by atoms with Crippen LogP contribution in [0.1, 0.15) is 200 Å². The number of phosphoric ester groups is 1. The summed E-state index contributed by atoms with van der Waals surface area (Å²) in [5.41, 5.74) is 0. The molecule has 10 heteroatoms. The van der Waals surface area contributed by atoms with Gasteiger partial charge in [0, 0.05) is 19.4 Å². The Kier molecular flexibility index (Phi) is 38.6. The van der Waals surface area contributed by atoms with Gasteiger partial charge in [-0.15, -0.1) is 0 Å². The molecular weight excluding hydrogens is 701 g/mol. The van der Waals surface area contributed by atoms with Crippen molar-refractivity contribution < 1.29 is 37.6 Å². The van der Waals surface area contributed by atoms with Crippen molar-refractivity contribution in [1.29, 1.82) is 0 Å². The molecule has 2 unspecified atom stereocenters. The monoisotopic (exact) mass is 786 g/mol. The second kappa shape index (κ2) is 39.7. The molecule has 0 bridgehead atoms. The third kappa shape index (κ3) is 40.2. The van der Waals surface area contributed by atoms with Gasteiger partial charge in [-0.05, 0) is 59.0 Å². The van der Waals surface area contributed by atoms with Crippen LogP contribution in [-0.2, 0) is 32.7 Å². The van der Waals surface area contributed by atoms with E-state index in [0.717, 1.165) is 44.9 Å². The molecule has 0 spiro atoms. The third-order valence-corrected chi connectivity index (χ3v) is 10.5. The number of carbonyl (C=O) groups is 2. The highest BCUT2D eigenvalue weighted by Crippen LogP contribution is 2.43. The summed E-state index contributed by atoms with van der Waals surface area (Å²) < 4.78 is 33.5. The van der Waals surface area contributed by atoms with E-state index in [4.69, 9.17) is 18.5 Å². The average molecular weight is 786 g/mol. The quantitative estimate of drug-likeness (QED) is 0.0280. The molecule has 0 aliphatic carbocycles. The van der Waals surface area contributed by atoms with Crippen molar-refractivity contribution in [3.8, 4) is 0 Å². The molecule has 1 N–H and O–H groups in total. The van der Waals surface area contributed by atoms with Gasteiger partial charge < -0.3 is 19.3 Å². The minimum Gasteiger partial charge on any atom is -0.462 e. The molecule has 54 heavy (non-hydrogen) atoms. The molecule has 0 fully saturated rings. The van der Waals surface area contributed by atoms with Crippen molar-refractivity contribution in [3.63, 3.8) is 0 Å². The molecule has 0 saturated heterocycles. The average Bonchev–Trinajstić information content (AvgIpc) is 3.13. The van der Waals surface area contributed by atoms with Gasteiger partial charge in [0.2, 0.25) is 0 Å². The standard InChI is InChI=1S/C44H84NO8P/c1-5-7-9-11-13-15-17-19-20-21-22-23-24-25-27-29-31-33-35-37-44(47)53-42(41-52-54(48,49)51-39-38-45(3)4)40-50-43(46)36-34-32-30-28-26-18-16-14-12-10-8-6-2/h13,15,19-20,42H,5-12,14,16-18,21-41H2,1-4H3,(H,48,49)/b15-13-,20-19-. The lowest BCUT2D eigenvalue weighted by Crippen LogP contribution is -2.29. The SMILES string of the molecule is CCCCC/C=C\C/C=C\CCCCCCCCCCCC(=O)OC(COC(=O)CCCCCCCCCCCCCC)COP(=O)(O)OCCN(C)C. The molecule has 2 atom stereocenters. The van der Waals surface area contributed by atoms with Gasteiger partial charge in [0.15, 0.2) is 6.10 Å². The number of esters is 2. The molecular formula is C44H84NO8P. The van der Waals surface area contributed by atoms with Crippen molar-refractivity contribution in [2.75, 3.05) is 40.5 Å². The predicted molar refractivity (Wildman–Crippen MR) is 225 cm³/mol. The zero-order valence-corrected chi connectivity index (χ0v) is 36.3. The van der Waals surface area contributed by atoms with Crippen molar-refractivity contribution in [1.82, 2.24) is 4.90 Å². The Labute approximate surface area is 332 Å². The molecule has 0 amide bonds. The molecule has 0 aromatic carbocycles. The molecule has 0 aliphatic heterocycles. The van der Waals surface area contributed by atoms with Crippen LogP contribution < -0.4 is 0 Å². The van der Waals surface area contributed by atoms with E-state index in [1.165, 1.54) is 122 Å². The van der Waals surface area contributed by atoms with Gasteiger partial charge in [-0.25, -0.2) is 4.57 Å². The maximum Gasteiger partial charge on any atom is 0.472 e. The van der Waals surface area contributed by atoms with Crippen molar-refractivity contribution in [3.05, 3.63) is 24.3 Å². The first-order valence-electron chi connectivity index (χ1n) is 22.1. The number of rotatable bonds is 41. The van der Waals surface area contributed by atoms with E-state index in [0.29, 0.717) is 19.4 Å². The van der Waals surface area contributed by atoms with Gasteiger partial charge in [0.1, 0.15) is 6.61 Å². The molecule has 0 radical (unpaired) electrons. The van der Waals surface area contributed by atoms with Crippen molar-refractivity contribution in [2.45, 2.75) is 206 Å². The number of hydrogen-bond donors (Lipinski definition) is 1. The van der Waals surface area contributed by atoms with Crippen LogP contribution >= 0.6 is 7.82 Å². The Morgan fingerprint density at radius 1 is 0.574 bits per heavy atom. The Balaban J connectivity index is 4.25. The summed E-state index contributed by atoms with van der Waals surface area (Å²) in [6.07, 6.45) is 40.7. The Morgan fingerprint density at radius 2 is 1.00 bits per heavy atom. The van der Waals surface area contributed by atoms with E-state index < -0.39 is 26.5 Å². The van der Waals surface area contributed by atoms with E-state index in [1.807, 2.05) is 19.0 Å². The number of hydrogen-bond acceptors (Lipinski definition) is 8. The van der Waals surface area contributed by atoms with Gasteiger partial charge in [-0.2, -0.15) is 0 Å². The van der Waals surface area contributed by atoms with Gasteiger partial charge in [0.05, 0.1) is 13.2 Å². The maximum absolute atomic E-state index is 12.7. The largest absolute Gasteiger partial charge is 0.472 e. The topological polar surface area (TPSA) is 112 Å². The normalized spacial score (nSPS) is 13.6. The van der Waals surface area contributed by atoms with Crippen LogP contribution in [0.4, 0.5) is 0 Å². The number of ether oxygens (including phenoxy) is 2. The maximum atomic E-state index is 12.7. The Hall–Kier alpha value is -1.51. The smallest absolute Gasteiger partial charge is 0.462 e. The number of likely N-dealkylation sites (N-methyl/N-ethyl adjacent to an activating group) is 1. The van der Waals surface area contributed by atoms with Crippen molar-refractivity contribution >= 4 is 19.8 Å². The zero-order valence-electron chi connectivity index (χ0n) is 35.4. The van der Waals surface area contributed by atoms with E-state index in [1.54, 1.807) is 0 Å². The van der Waals surface area contributed by atoms with Crippen LogP contribution in [-0.4, -0.2) is 68.3 Å². The number of nitrogens with zero attached hydrogens (tertiary/aromatic N) is 1. The fraction of sp³-hybridized carbons (Fsp3) is 0.864. The highest BCUT2D eigenvalue weighted by molar-refractivity contribution is 7.47. The molecule has 0 heterocycles. The molecule has 0 aliphatic rings. The lowest BCUT2D eigenvalue weighted by atomic mass is 10.0. The fourth-order valence-electron chi connectivity index (χ4n) is 6.07. The van der Waals surface area contributed by atoms with Gasteiger partial charge in [0.25, 0.3) is 0 Å². The molecule has 318 valence electrons. The first-order valence-corrected chi connectivity index (χ1v) is 23.6. The first kappa shape index (κ1) is 52.5. The number of phosphoric acid groups is 1.